The van der Waals surface area contributed by atoms with Gasteiger partial charge in [-0.15, -0.1) is 0 Å². The average Bonchev–Trinajstić information content (AvgIpc) is 2.79. The zero-order valence-electron chi connectivity index (χ0n) is 11.0. The highest BCUT2D eigenvalue weighted by Crippen LogP contribution is 2.23. The Balaban J connectivity index is 2.11. The van der Waals surface area contributed by atoms with Crippen LogP contribution in [0.2, 0.25) is 0 Å². The molecule has 0 saturated heterocycles. The lowest BCUT2D eigenvalue weighted by molar-refractivity contribution is 0.262. The number of rotatable bonds is 3. The van der Waals surface area contributed by atoms with Crippen molar-refractivity contribution < 1.29 is 9.53 Å². The van der Waals surface area contributed by atoms with Crippen LogP contribution in [0.1, 0.15) is 5.56 Å². The third-order valence-electron chi connectivity index (χ3n) is 2.54. The number of urea groups is 1. The van der Waals surface area contributed by atoms with Crippen molar-refractivity contribution in [3.05, 3.63) is 36.0 Å². The number of anilines is 2. The Morgan fingerprint density at radius 2 is 2.15 bits per heavy atom. The molecule has 102 valence electrons. The van der Waals surface area contributed by atoms with Crippen molar-refractivity contribution >= 4 is 17.5 Å². The van der Waals surface area contributed by atoms with E-state index in [9.17, 15) is 4.79 Å². The fourth-order valence-corrected chi connectivity index (χ4v) is 1.67. The largest absolute Gasteiger partial charge is 0.495 e. The first kappa shape index (κ1) is 13.4. The van der Waals surface area contributed by atoms with Gasteiger partial charge in [-0.2, -0.15) is 10.4 Å². The number of hydrogen-bond acceptors (Lipinski definition) is 4. The number of nitriles is 1. The van der Waals surface area contributed by atoms with Crippen LogP contribution in [0.3, 0.4) is 0 Å². The first-order chi connectivity index (χ1) is 9.63. The number of hydrogen-bond donors (Lipinski definition) is 2. The minimum atomic E-state index is -0.496. The van der Waals surface area contributed by atoms with Gasteiger partial charge in [0, 0.05) is 13.2 Å². The molecule has 0 atom stereocenters. The maximum Gasteiger partial charge on any atom is 0.325 e. The van der Waals surface area contributed by atoms with Gasteiger partial charge in [-0.1, -0.05) is 12.1 Å². The van der Waals surface area contributed by atoms with Crippen LogP contribution in [0.15, 0.2) is 30.5 Å². The Hall–Kier alpha value is -3.01. The normalized spacial score (nSPS) is 9.65. The lowest BCUT2D eigenvalue weighted by atomic mass is 10.3. The van der Waals surface area contributed by atoms with Crippen molar-refractivity contribution in [3.8, 4) is 11.8 Å². The molecule has 0 fully saturated rings. The Labute approximate surface area is 115 Å². The molecule has 0 unspecified atom stereocenters. The number of carbonyl (C=O) groups is 1. The molecule has 1 heterocycles. The van der Waals surface area contributed by atoms with Crippen LogP contribution in [-0.2, 0) is 7.05 Å². The van der Waals surface area contributed by atoms with E-state index in [1.165, 1.54) is 18.0 Å². The zero-order chi connectivity index (χ0) is 14.5. The number of amides is 2. The molecule has 0 saturated carbocycles. The summed E-state index contributed by atoms with van der Waals surface area (Å²) >= 11 is 0. The topological polar surface area (TPSA) is 92.0 Å². The molecule has 2 aromatic rings. The van der Waals surface area contributed by atoms with Crippen LogP contribution >= 0.6 is 0 Å². The molecular weight excluding hydrogens is 258 g/mol. The van der Waals surface area contributed by atoms with E-state index >= 15 is 0 Å². The van der Waals surface area contributed by atoms with Crippen LogP contribution in [0, 0.1) is 11.3 Å². The maximum absolute atomic E-state index is 11.9. The minimum Gasteiger partial charge on any atom is -0.495 e. The van der Waals surface area contributed by atoms with E-state index in [1.807, 2.05) is 6.07 Å². The highest BCUT2D eigenvalue weighted by molar-refractivity contribution is 6.00. The van der Waals surface area contributed by atoms with Crippen molar-refractivity contribution in [1.29, 1.82) is 5.26 Å². The fraction of sp³-hybridized carbons (Fsp3) is 0.154. The highest BCUT2D eigenvalue weighted by Gasteiger charge is 2.12. The standard InChI is InChI=1S/C13H13N5O2/c1-18-8-9(7-14)12(17-18)16-13(19)15-10-5-3-4-6-11(10)20-2/h3-6,8H,1-2H3,(H2,15,16,17,19). The first-order valence-corrected chi connectivity index (χ1v) is 5.79. The monoisotopic (exact) mass is 271 g/mol. The number of benzene rings is 1. The molecule has 0 spiro atoms. The van der Waals surface area contributed by atoms with Gasteiger partial charge in [-0.25, -0.2) is 4.79 Å². The number of aryl methyl sites for hydroxylation is 1. The van der Waals surface area contributed by atoms with Crippen LogP contribution in [0.25, 0.3) is 0 Å². The van der Waals surface area contributed by atoms with Crippen LogP contribution in [0.4, 0.5) is 16.3 Å². The van der Waals surface area contributed by atoms with Crippen molar-refractivity contribution in [1.82, 2.24) is 9.78 Å². The van der Waals surface area contributed by atoms with Gasteiger partial charge in [0.05, 0.1) is 12.8 Å². The third-order valence-corrected chi connectivity index (χ3v) is 2.54. The van der Waals surface area contributed by atoms with Crippen LogP contribution < -0.4 is 15.4 Å². The number of carbonyl (C=O) groups excluding carboxylic acids is 1. The summed E-state index contributed by atoms with van der Waals surface area (Å²) < 4.78 is 6.59. The fourth-order valence-electron chi connectivity index (χ4n) is 1.67. The average molecular weight is 271 g/mol. The van der Waals surface area contributed by atoms with Gasteiger partial charge < -0.3 is 10.1 Å². The molecule has 2 amide bonds. The molecule has 0 bridgehead atoms. The predicted octanol–water partition coefficient (Wildman–Crippen LogP) is 1.94. The molecule has 2 N–H and O–H groups in total. The van der Waals surface area contributed by atoms with Gasteiger partial charge in [0.25, 0.3) is 0 Å². The van der Waals surface area contributed by atoms with Gasteiger partial charge >= 0.3 is 6.03 Å². The second-order valence-corrected chi connectivity index (χ2v) is 3.96. The van der Waals surface area contributed by atoms with Crippen LogP contribution in [-0.4, -0.2) is 22.9 Å². The molecule has 2 rings (SSSR count). The molecule has 20 heavy (non-hydrogen) atoms. The Bertz CT molecular complexity index is 672. The zero-order valence-corrected chi connectivity index (χ0v) is 11.0. The SMILES string of the molecule is COc1ccccc1NC(=O)Nc1nn(C)cc1C#N. The molecule has 7 heteroatoms. The molecule has 0 aliphatic heterocycles. The molecule has 1 aromatic heterocycles. The Morgan fingerprint density at radius 3 is 2.85 bits per heavy atom. The second kappa shape index (κ2) is 5.75. The summed E-state index contributed by atoms with van der Waals surface area (Å²) in [5, 5.41) is 18.1. The molecule has 0 radical (unpaired) electrons. The minimum absolute atomic E-state index is 0.211. The highest BCUT2D eigenvalue weighted by atomic mass is 16.5. The molecule has 1 aromatic carbocycles. The summed E-state index contributed by atoms with van der Waals surface area (Å²) in [5.74, 6) is 0.756. The summed E-state index contributed by atoms with van der Waals surface area (Å²) in [5.41, 5.74) is 0.824. The number of aromatic nitrogens is 2. The molecule has 7 nitrogen and oxygen atoms in total. The predicted molar refractivity (Wildman–Crippen MR) is 73.6 cm³/mol. The maximum atomic E-state index is 11.9. The van der Waals surface area contributed by atoms with Crippen molar-refractivity contribution in [2.75, 3.05) is 17.7 Å². The smallest absolute Gasteiger partial charge is 0.325 e. The number of methoxy groups -OCH3 is 1. The number of para-hydroxylation sites is 2. The van der Waals surface area contributed by atoms with E-state index in [0.717, 1.165) is 0 Å². The summed E-state index contributed by atoms with van der Waals surface area (Å²) in [7, 11) is 3.19. The van der Waals surface area contributed by atoms with Gasteiger partial charge in [-0.05, 0) is 12.1 Å². The van der Waals surface area contributed by atoms with Crippen molar-refractivity contribution in [2.45, 2.75) is 0 Å². The number of nitrogens with one attached hydrogen (secondary N) is 2. The van der Waals surface area contributed by atoms with E-state index in [2.05, 4.69) is 15.7 Å². The van der Waals surface area contributed by atoms with E-state index in [1.54, 1.807) is 31.3 Å². The summed E-state index contributed by atoms with van der Waals surface area (Å²) in [4.78, 5) is 11.9. The number of nitrogens with zero attached hydrogens (tertiary/aromatic N) is 3. The van der Waals surface area contributed by atoms with Gasteiger partial charge in [-0.3, -0.25) is 10.00 Å². The second-order valence-electron chi connectivity index (χ2n) is 3.96. The number of ether oxygens (including phenoxy) is 1. The quantitative estimate of drug-likeness (QED) is 0.892. The van der Waals surface area contributed by atoms with E-state index in [-0.39, 0.29) is 5.82 Å². The third kappa shape index (κ3) is 2.87. The summed E-state index contributed by atoms with van der Waals surface area (Å²) in [6.07, 6.45) is 1.53. The Kier molecular flexibility index (Phi) is 3.86. The van der Waals surface area contributed by atoms with Gasteiger partial charge in [0.1, 0.15) is 17.4 Å². The van der Waals surface area contributed by atoms with Crippen LogP contribution in [0.5, 0.6) is 5.75 Å². The molecular formula is C13H13N5O2. The molecule has 0 aliphatic carbocycles. The van der Waals surface area contributed by atoms with Gasteiger partial charge in [0.2, 0.25) is 0 Å². The molecule has 0 aliphatic rings. The van der Waals surface area contributed by atoms with Crippen molar-refractivity contribution in [2.24, 2.45) is 7.05 Å². The van der Waals surface area contributed by atoms with Crippen molar-refractivity contribution in [3.63, 3.8) is 0 Å². The van der Waals surface area contributed by atoms with E-state index in [0.29, 0.717) is 17.0 Å². The van der Waals surface area contributed by atoms with E-state index < -0.39 is 6.03 Å². The lowest BCUT2D eigenvalue weighted by Gasteiger charge is -2.09. The Morgan fingerprint density at radius 1 is 1.40 bits per heavy atom. The first-order valence-electron chi connectivity index (χ1n) is 5.79. The van der Waals surface area contributed by atoms with E-state index in [4.69, 9.17) is 10.00 Å². The summed E-state index contributed by atoms with van der Waals surface area (Å²) in [6.45, 7) is 0. The lowest BCUT2D eigenvalue weighted by Crippen LogP contribution is -2.20. The van der Waals surface area contributed by atoms with Gasteiger partial charge in [0.15, 0.2) is 5.82 Å². The summed E-state index contributed by atoms with van der Waals surface area (Å²) in [6, 6.07) is 8.48.